The molecule has 0 unspecified atom stereocenters. The molecule has 0 aliphatic rings. The molecule has 0 fully saturated rings. The maximum absolute atomic E-state index is 11.4. The van der Waals surface area contributed by atoms with Gasteiger partial charge in [-0.05, 0) is 12.1 Å². The summed E-state index contributed by atoms with van der Waals surface area (Å²) in [5.41, 5.74) is 4.26. The van der Waals surface area contributed by atoms with E-state index in [9.17, 15) is 9.59 Å². The summed E-state index contributed by atoms with van der Waals surface area (Å²) >= 11 is 0. The lowest BCUT2D eigenvalue weighted by Gasteiger charge is -2.04. The number of fused-ring (bicyclic) bond motifs is 1. The average molecular weight is 235 g/mol. The van der Waals surface area contributed by atoms with Crippen LogP contribution in [0.5, 0.6) is 0 Å². The highest BCUT2D eigenvalue weighted by molar-refractivity contribution is 5.95. The smallest absolute Gasteiger partial charge is 0.349 e. The van der Waals surface area contributed by atoms with Crippen molar-refractivity contribution in [2.24, 2.45) is 5.73 Å². The maximum atomic E-state index is 11.4. The lowest BCUT2D eigenvalue weighted by molar-refractivity contribution is -0.0424. The molecule has 0 bridgehead atoms. The van der Waals surface area contributed by atoms with E-state index in [2.05, 4.69) is 0 Å². The Balaban J connectivity index is 2.70. The van der Waals surface area contributed by atoms with Crippen LogP contribution in [-0.4, -0.2) is 16.1 Å². The van der Waals surface area contributed by atoms with E-state index in [1.165, 1.54) is 24.3 Å². The van der Waals surface area contributed by atoms with E-state index in [0.717, 1.165) is 0 Å². The summed E-state index contributed by atoms with van der Waals surface area (Å²) in [5, 5.41) is 18.4. The number of nitrogens with two attached hydrogens (primary N) is 1. The summed E-state index contributed by atoms with van der Waals surface area (Å²) in [6.07, 6.45) is -1.65. The first-order valence-corrected chi connectivity index (χ1v) is 4.73. The molecule has 17 heavy (non-hydrogen) atoms. The molecule has 0 atom stereocenters. The summed E-state index contributed by atoms with van der Waals surface area (Å²) in [6.45, 7) is 0. The Morgan fingerprint density at radius 2 is 2.00 bits per heavy atom. The van der Waals surface area contributed by atoms with Crippen LogP contribution in [0.2, 0.25) is 0 Å². The van der Waals surface area contributed by atoms with Gasteiger partial charge in [-0.3, -0.25) is 4.79 Å². The SMILES string of the molecule is NC(=O)c1cc2ccc(C(O)O)cc2oc1=O. The van der Waals surface area contributed by atoms with E-state index in [1.54, 1.807) is 0 Å². The molecule has 0 aliphatic carbocycles. The van der Waals surface area contributed by atoms with E-state index >= 15 is 0 Å². The zero-order valence-corrected chi connectivity index (χ0v) is 8.58. The molecule has 0 saturated carbocycles. The van der Waals surface area contributed by atoms with Crippen molar-refractivity contribution < 1.29 is 19.4 Å². The highest BCUT2D eigenvalue weighted by Gasteiger charge is 2.11. The Hall–Kier alpha value is -2.18. The second kappa shape index (κ2) is 4.00. The van der Waals surface area contributed by atoms with Gasteiger partial charge < -0.3 is 20.4 Å². The van der Waals surface area contributed by atoms with Crippen LogP contribution >= 0.6 is 0 Å². The number of aliphatic hydroxyl groups excluding tert-OH is 1. The molecule has 4 N–H and O–H groups in total. The normalized spacial score (nSPS) is 11.0. The summed E-state index contributed by atoms with van der Waals surface area (Å²) in [4.78, 5) is 22.3. The highest BCUT2D eigenvalue weighted by atomic mass is 16.5. The predicted molar refractivity (Wildman–Crippen MR) is 58.2 cm³/mol. The standard InChI is InChI=1S/C11H9NO5/c12-9(13)7-3-5-1-2-6(10(14)15)4-8(5)17-11(7)16/h1-4,10,14-15H,(H2,12,13). The predicted octanol–water partition coefficient (Wildman–Crippen LogP) is -0.125. The number of rotatable bonds is 2. The Labute approximate surface area is 94.9 Å². The van der Waals surface area contributed by atoms with Crippen molar-refractivity contribution in [3.05, 3.63) is 45.8 Å². The third-order valence-electron chi connectivity index (χ3n) is 2.32. The molecule has 0 saturated heterocycles. The molecular formula is C11H9NO5. The van der Waals surface area contributed by atoms with Gasteiger partial charge in [-0.1, -0.05) is 12.1 Å². The third-order valence-corrected chi connectivity index (χ3v) is 2.32. The fourth-order valence-electron chi connectivity index (χ4n) is 1.46. The number of amides is 1. The Bertz CT molecular complexity index is 644. The van der Waals surface area contributed by atoms with Crippen molar-refractivity contribution in [1.29, 1.82) is 0 Å². The molecule has 2 rings (SSSR count). The Kier molecular flexibility index (Phi) is 2.66. The molecular weight excluding hydrogens is 226 g/mol. The van der Waals surface area contributed by atoms with Gasteiger partial charge in [0.1, 0.15) is 11.1 Å². The van der Waals surface area contributed by atoms with Crippen LogP contribution in [0.1, 0.15) is 22.2 Å². The largest absolute Gasteiger partial charge is 0.422 e. The van der Waals surface area contributed by atoms with Crippen molar-refractivity contribution in [3.63, 3.8) is 0 Å². The molecule has 1 heterocycles. The zero-order chi connectivity index (χ0) is 12.6. The summed E-state index contributed by atoms with van der Waals surface area (Å²) in [6, 6.07) is 5.56. The van der Waals surface area contributed by atoms with E-state index in [4.69, 9.17) is 20.4 Å². The van der Waals surface area contributed by atoms with Crippen molar-refractivity contribution in [2.45, 2.75) is 6.29 Å². The van der Waals surface area contributed by atoms with Crippen molar-refractivity contribution in [1.82, 2.24) is 0 Å². The molecule has 1 aromatic heterocycles. The van der Waals surface area contributed by atoms with Gasteiger partial charge in [0.25, 0.3) is 5.91 Å². The maximum Gasteiger partial charge on any atom is 0.349 e. The van der Waals surface area contributed by atoms with Crippen LogP contribution in [0.15, 0.2) is 33.5 Å². The molecule has 88 valence electrons. The van der Waals surface area contributed by atoms with Gasteiger partial charge in [-0.25, -0.2) is 4.79 Å². The summed E-state index contributed by atoms with van der Waals surface area (Å²) in [7, 11) is 0. The number of benzene rings is 1. The highest BCUT2D eigenvalue weighted by Crippen LogP contribution is 2.18. The van der Waals surface area contributed by atoms with Crippen LogP contribution in [0, 0.1) is 0 Å². The number of carbonyl (C=O) groups is 1. The number of hydrogen-bond acceptors (Lipinski definition) is 5. The lowest BCUT2D eigenvalue weighted by atomic mass is 10.1. The minimum Gasteiger partial charge on any atom is -0.422 e. The van der Waals surface area contributed by atoms with Gasteiger partial charge >= 0.3 is 5.63 Å². The van der Waals surface area contributed by atoms with Crippen LogP contribution in [0.25, 0.3) is 11.0 Å². The number of primary amides is 1. The van der Waals surface area contributed by atoms with Gasteiger partial charge in [0, 0.05) is 10.9 Å². The molecule has 0 spiro atoms. The molecule has 2 aromatic rings. The van der Waals surface area contributed by atoms with Crippen LogP contribution in [0.4, 0.5) is 0 Å². The van der Waals surface area contributed by atoms with E-state index < -0.39 is 17.8 Å². The van der Waals surface area contributed by atoms with Crippen molar-refractivity contribution in [3.8, 4) is 0 Å². The Morgan fingerprint density at radius 1 is 1.29 bits per heavy atom. The van der Waals surface area contributed by atoms with Gasteiger partial charge in [0.05, 0.1) is 0 Å². The second-order valence-electron chi connectivity index (χ2n) is 3.48. The molecule has 0 radical (unpaired) electrons. The minimum atomic E-state index is -1.65. The minimum absolute atomic E-state index is 0.158. The number of hydrogen-bond donors (Lipinski definition) is 3. The average Bonchev–Trinajstić information content (AvgIpc) is 2.26. The van der Waals surface area contributed by atoms with E-state index in [-0.39, 0.29) is 16.7 Å². The first kappa shape index (κ1) is 11.3. The van der Waals surface area contributed by atoms with Gasteiger partial charge in [-0.15, -0.1) is 0 Å². The number of aliphatic hydroxyl groups is 2. The Morgan fingerprint density at radius 3 is 2.59 bits per heavy atom. The van der Waals surface area contributed by atoms with E-state index in [1.807, 2.05) is 0 Å². The van der Waals surface area contributed by atoms with Crippen LogP contribution in [0.3, 0.4) is 0 Å². The zero-order valence-electron chi connectivity index (χ0n) is 8.58. The van der Waals surface area contributed by atoms with Crippen LogP contribution < -0.4 is 11.4 Å². The fourth-order valence-corrected chi connectivity index (χ4v) is 1.46. The van der Waals surface area contributed by atoms with Crippen molar-refractivity contribution >= 4 is 16.9 Å². The third kappa shape index (κ3) is 2.03. The molecule has 6 heteroatoms. The summed E-state index contributed by atoms with van der Waals surface area (Å²) in [5.74, 6) is -0.869. The number of carbonyl (C=O) groups excluding carboxylic acids is 1. The lowest BCUT2D eigenvalue weighted by Crippen LogP contribution is -2.20. The first-order chi connectivity index (χ1) is 7.99. The monoisotopic (exact) mass is 235 g/mol. The van der Waals surface area contributed by atoms with E-state index in [0.29, 0.717) is 5.39 Å². The topological polar surface area (TPSA) is 114 Å². The quantitative estimate of drug-likeness (QED) is 0.495. The summed E-state index contributed by atoms with van der Waals surface area (Å²) < 4.78 is 4.87. The van der Waals surface area contributed by atoms with Gasteiger partial charge in [-0.2, -0.15) is 0 Å². The van der Waals surface area contributed by atoms with Gasteiger partial charge in [0.2, 0.25) is 0 Å². The second-order valence-corrected chi connectivity index (χ2v) is 3.48. The van der Waals surface area contributed by atoms with Crippen LogP contribution in [-0.2, 0) is 0 Å². The molecule has 1 amide bonds. The van der Waals surface area contributed by atoms with Gasteiger partial charge in [0.15, 0.2) is 6.29 Å². The fraction of sp³-hybridized carbons (Fsp3) is 0.0909. The van der Waals surface area contributed by atoms with Crippen molar-refractivity contribution in [2.75, 3.05) is 0 Å². The molecule has 1 aromatic carbocycles. The molecule has 6 nitrogen and oxygen atoms in total. The first-order valence-electron chi connectivity index (χ1n) is 4.73. The molecule has 0 aliphatic heterocycles.